The summed E-state index contributed by atoms with van der Waals surface area (Å²) in [5.41, 5.74) is 1.67. The Labute approximate surface area is 119 Å². The summed E-state index contributed by atoms with van der Waals surface area (Å²) >= 11 is 0. The largest absolute Gasteiger partial charge is 0.393 e. The molecule has 2 bridgehead atoms. The fraction of sp³-hybridized carbons (Fsp3) is 0.562. The van der Waals surface area contributed by atoms with Crippen molar-refractivity contribution in [2.24, 2.45) is 0 Å². The lowest BCUT2D eigenvalue weighted by Crippen LogP contribution is -2.48. The molecular formula is C16H21NO3. The van der Waals surface area contributed by atoms with Gasteiger partial charge in [-0.2, -0.15) is 0 Å². The Bertz CT molecular complexity index is 488. The van der Waals surface area contributed by atoms with E-state index in [1.54, 1.807) is 7.11 Å². The Morgan fingerprint density at radius 1 is 1.30 bits per heavy atom. The van der Waals surface area contributed by atoms with Gasteiger partial charge in [-0.15, -0.1) is 0 Å². The second-order valence-electron chi connectivity index (χ2n) is 5.81. The molecule has 0 saturated carbocycles. The van der Waals surface area contributed by atoms with Crippen molar-refractivity contribution in [3.05, 3.63) is 35.4 Å². The maximum Gasteiger partial charge on any atom is 0.254 e. The van der Waals surface area contributed by atoms with E-state index in [0.717, 1.165) is 24.0 Å². The highest BCUT2D eigenvalue weighted by molar-refractivity contribution is 5.96. The number of carbonyl (C=O) groups is 1. The van der Waals surface area contributed by atoms with Crippen LogP contribution in [0.1, 0.15) is 41.6 Å². The van der Waals surface area contributed by atoms with Gasteiger partial charge in [-0.1, -0.05) is 18.2 Å². The molecule has 0 aliphatic carbocycles. The van der Waals surface area contributed by atoms with Crippen LogP contribution in [-0.4, -0.2) is 41.2 Å². The van der Waals surface area contributed by atoms with Crippen molar-refractivity contribution in [3.63, 3.8) is 0 Å². The van der Waals surface area contributed by atoms with Crippen molar-refractivity contribution in [1.82, 2.24) is 4.90 Å². The van der Waals surface area contributed by atoms with Gasteiger partial charge in [0.2, 0.25) is 0 Å². The first kappa shape index (κ1) is 13.6. The zero-order valence-corrected chi connectivity index (χ0v) is 11.8. The van der Waals surface area contributed by atoms with E-state index in [1.165, 1.54) is 0 Å². The van der Waals surface area contributed by atoms with Gasteiger partial charge in [-0.25, -0.2) is 0 Å². The number of ether oxygens (including phenoxy) is 1. The van der Waals surface area contributed by atoms with Crippen LogP contribution >= 0.6 is 0 Å². The molecule has 4 nitrogen and oxygen atoms in total. The summed E-state index contributed by atoms with van der Waals surface area (Å²) in [6.07, 6.45) is 3.22. The number of rotatable bonds is 3. The molecule has 2 aliphatic rings. The average Bonchev–Trinajstić information content (AvgIpc) is 2.71. The second kappa shape index (κ2) is 5.54. The summed E-state index contributed by atoms with van der Waals surface area (Å²) in [6, 6.07) is 8.05. The fourth-order valence-corrected chi connectivity index (χ4v) is 3.63. The third kappa shape index (κ3) is 2.34. The third-order valence-electron chi connectivity index (χ3n) is 4.49. The van der Waals surface area contributed by atoms with Crippen molar-refractivity contribution in [2.75, 3.05) is 7.11 Å². The van der Waals surface area contributed by atoms with Crippen molar-refractivity contribution < 1.29 is 14.6 Å². The molecule has 108 valence electrons. The lowest BCUT2D eigenvalue weighted by Gasteiger charge is -2.37. The number of methoxy groups -OCH3 is 1. The number of carbonyl (C=O) groups excluding carboxylic acids is 1. The minimum Gasteiger partial charge on any atom is -0.393 e. The first-order valence-corrected chi connectivity index (χ1v) is 7.28. The van der Waals surface area contributed by atoms with E-state index in [1.807, 2.05) is 29.2 Å². The quantitative estimate of drug-likeness (QED) is 0.917. The maximum absolute atomic E-state index is 12.9. The van der Waals surface area contributed by atoms with Gasteiger partial charge in [0, 0.05) is 24.8 Å². The van der Waals surface area contributed by atoms with Crippen LogP contribution in [0.4, 0.5) is 0 Å². The van der Waals surface area contributed by atoms with E-state index < -0.39 is 0 Å². The Balaban J connectivity index is 1.86. The lowest BCUT2D eigenvalue weighted by molar-refractivity contribution is 0.0284. The molecule has 1 amide bonds. The van der Waals surface area contributed by atoms with Crippen LogP contribution in [0.2, 0.25) is 0 Å². The molecule has 2 saturated heterocycles. The molecule has 2 unspecified atom stereocenters. The maximum atomic E-state index is 12.9. The lowest BCUT2D eigenvalue weighted by atomic mass is 9.97. The molecular weight excluding hydrogens is 254 g/mol. The number of hydrogen-bond acceptors (Lipinski definition) is 3. The average molecular weight is 275 g/mol. The number of aliphatic hydroxyl groups excluding tert-OH is 1. The normalized spacial score (nSPS) is 28.7. The molecule has 1 N–H and O–H groups in total. The van der Waals surface area contributed by atoms with E-state index in [4.69, 9.17) is 4.74 Å². The summed E-state index contributed by atoms with van der Waals surface area (Å²) in [7, 11) is 1.64. The topological polar surface area (TPSA) is 49.8 Å². The molecule has 3 rings (SSSR count). The van der Waals surface area contributed by atoms with Crippen LogP contribution in [0.3, 0.4) is 0 Å². The molecule has 2 heterocycles. The van der Waals surface area contributed by atoms with E-state index in [0.29, 0.717) is 19.4 Å². The van der Waals surface area contributed by atoms with Crippen molar-refractivity contribution in [3.8, 4) is 0 Å². The molecule has 4 heteroatoms. The van der Waals surface area contributed by atoms with E-state index in [2.05, 4.69) is 0 Å². The predicted molar refractivity (Wildman–Crippen MR) is 75.4 cm³/mol. The van der Waals surface area contributed by atoms with Crippen molar-refractivity contribution in [2.45, 2.75) is 50.5 Å². The highest BCUT2D eigenvalue weighted by Gasteiger charge is 2.43. The zero-order chi connectivity index (χ0) is 14.1. The number of nitrogens with zero attached hydrogens (tertiary/aromatic N) is 1. The van der Waals surface area contributed by atoms with Crippen molar-refractivity contribution in [1.29, 1.82) is 0 Å². The monoisotopic (exact) mass is 275 g/mol. The molecule has 2 fully saturated rings. The first-order valence-electron chi connectivity index (χ1n) is 7.28. The molecule has 2 atom stereocenters. The Morgan fingerprint density at radius 3 is 2.60 bits per heavy atom. The molecule has 1 aromatic rings. The summed E-state index contributed by atoms with van der Waals surface area (Å²) in [6.45, 7) is 0.452. The Hall–Kier alpha value is -1.39. The summed E-state index contributed by atoms with van der Waals surface area (Å²) in [5.74, 6) is 0.0945. The third-order valence-corrected chi connectivity index (χ3v) is 4.49. The van der Waals surface area contributed by atoms with Crippen LogP contribution in [0, 0.1) is 0 Å². The minimum absolute atomic E-state index is 0.0945. The van der Waals surface area contributed by atoms with Crippen molar-refractivity contribution >= 4 is 5.91 Å². The van der Waals surface area contributed by atoms with Gasteiger partial charge in [0.1, 0.15) is 0 Å². The summed E-state index contributed by atoms with van der Waals surface area (Å²) in [5, 5.41) is 9.84. The standard InChI is InChI=1S/C16H21NO3/c1-20-10-11-4-2-3-5-15(11)16(19)17-12-6-7-13(17)9-14(18)8-12/h2-5,12-14,18H,6-10H2,1H3. The van der Waals surface area contributed by atoms with Crippen LogP contribution < -0.4 is 0 Å². The van der Waals surface area contributed by atoms with E-state index in [9.17, 15) is 9.90 Å². The molecule has 2 aliphatic heterocycles. The molecule has 0 radical (unpaired) electrons. The van der Waals surface area contributed by atoms with E-state index in [-0.39, 0.29) is 24.1 Å². The van der Waals surface area contributed by atoms with Gasteiger partial charge in [-0.3, -0.25) is 4.79 Å². The highest BCUT2D eigenvalue weighted by Crippen LogP contribution is 2.37. The van der Waals surface area contributed by atoms with Crippen LogP contribution in [-0.2, 0) is 11.3 Å². The van der Waals surface area contributed by atoms with Gasteiger partial charge >= 0.3 is 0 Å². The second-order valence-corrected chi connectivity index (χ2v) is 5.81. The fourth-order valence-electron chi connectivity index (χ4n) is 3.63. The van der Waals surface area contributed by atoms with Gasteiger partial charge in [0.15, 0.2) is 0 Å². The van der Waals surface area contributed by atoms with E-state index >= 15 is 0 Å². The van der Waals surface area contributed by atoms with Gasteiger partial charge in [0.05, 0.1) is 12.7 Å². The zero-order valence-electron chi connectivity index (χ0n) is 11.8. The molecule has 0 spiro atoms. The van der Waals surface area contributed by atoms with Crippen LogP contribution in [0.25, 0.3) is 0 Å². The van der Waals surface area contributed by atoms with Crippen LogP contribution in [0.15, 0.2) is 24.3 Å². The number of piperidine rings is 1. The van der Waals surface area contributed by atoms with Crippen LogP contribution in [0.5, 0.6) is 0 Å². The highest BCUT2D eigenvalue weighted by atomic mass is 16.5. The molecule has 20 heavy (non-hydrogen) atoms. The summed E-state index contributed by atoms with van der Waals surface area (Å²) < 4.78 is 5.18. The molecule has 1 aromatic carbocycles. The summed E-state index contributed by atoms with van der Waals surface area (Å²) in [4.78, 5) is 14.9. The van der Waals surface area contributed by atoms with Gasteiger partial charge < -0.3 is 14.7 Å². The number of fused-ring (bicyclic) bond motifs is 2. The minimum atomic E-state index is -0.245. The first-order chi connectivity index (χ1) is 9.70. The number of aliphatic hydroxyl groups is 1. The Kier molecular flexibility index (Phi) is 3.76. The van der Waals surface area contributed by atoms with Gasteiger partial charge in [-0.05, 0) is 37.3 Å². The smallest absolute Gasteiger partial charge is 0.254 e. The molecule has 0 aromatic heterocycles. The predicted octanol–water partition coefficient (Wildman–Crippen LogP) is 1.96. The Morgan fingerprint density at radius 2 is 1.95 bits per heavy atom. The number of benzene rings is 1. The number of hydrogen-bond donors (Lipinski definition) is 1. The van der Waals surface area contributed by atoms with Gasteiger partial charge in [0.25, 0.3) is 5.91 Å². The SMILES string of the molecule is COCc1ccccc1C(=O)N1C2CCC1CC(O)C2. The number of amides is 1.